The molecule has 186 valence electrons. The first-order valence-corrected chi connectivity index (χ1v) is 12.0. The summed E-state index contributed by atoms with van der Waals surface area (Å²) < 4.78 is 0. The molecule has 0 fully saturated rings. The first-order chi connectivity index (χ1) is 15.4. The quantitative estimate of drug-likeness (QED) is 0.153. The van der Waals surface area contributed by atoms with E-state index in [0.717, 1.165) is 19.3 Å². The fraction of sp³-hybridized carbons (Fsp3) is 0.640. The van der Waals surface area contributed by atoms with Crippen LogP contribution in [0, 0.1) is 0 Å². The summed E-state index contributed by atoms with van der Waals surface area (Å²) in [6, 6.07) is 2.37. The second-order valence-corrected chi connectivity index (χ2v) is 8.38. The number of hydrogen-bond donors (Lipinski definition) is 4. The third kappa shape index (κ3) is 17.5. The zero-order chi connectivity index (χ0) is 23.8. The van der Waals surface area contributed by atoms with Gasteiger partial charge in [-0.25, -0.2) is 14.4 Å². The van der Waals surface area contributed by atoms with Crippen molar-refractivity contribution in [3.05, 3.63) is 28.8 Å². The van der Waals surface area contributed by atoms with Gasteiger partial charge < -0.3 is 20.6 Å². The summed E-state index contributed by atoms with van der Waals surface area (Å²) in [6.07, 6.45) is 17.6. The van der Waals surface area contributed by atoms with Crippen LogP contribution in [0.25, 0.3) is 0 Å². The van der Waals surface area contributed by atoms with Crippen LogP contribution >= 0.6 is 0 Å². The molecule has 4 N–H and O–H groups in total. The molecule has 0 radical (unpaired) electrons. The summed E-state index contributed by atoms with van der Waals surface area (Å²) in [4.78, 5) is 34.1. The Morgan fingerprint density at radius 3 is 1.26 bits per heavy atom. The van der Waals surface area contributed by atoms with Gasteiger partial charge in [0.1, 0.15) is 0 Å². The second kappa shape index (κ2) is 24.7. The van der Waals surface area contributed by atoms with Gasteiger partial charge in [-0.15, -0.1) is 0 Å². The van der Waals surface area contributed by atoms with E-state index in [4.69, 9.17) is 0 Å². The second-order valence-electron chi connectivity index (χ2n) is 8.38. The van der Waals surface area contributed by atoms with Crippen molar-refractivity contribution >= 4 is 112 Å². The van der Waals surface area contributed by atoms with Crippen LogP contribution in [0.15, 0.2) is 12.1 Å². The van der Waals surface area contributed by atoms with Crippen molar-refractivity contribution in [3.63, 3.8) is 0 Å². The summed E-state index contributed by atoms with van der Waals surface area (Å²) in [5.74, 6) is -4.51. The number of anilines is 1. The normalized spacial score (nSPS) is 9.86. The van der Waals surface area contributed by atoms with Crippen LogP contribution in [0.4, 0.5) is 5.69 Å². The maximum absolute atomic E-state index is 11.4. The average molecular weight is 522 g/mol. The van der Waals surface area contributed by atoms with Crippen molar-refractivity contribution in [2.45, 2.75) is 96.8 Å². The monoisotopic (exact) mass is 521 g/mol. The van der Waals surface area contributed by atoms with Gasteiger partial charge in [-0.3, -0.25) is 0 Å². The Morgan fingerprint density at radius 1 is 0.600 bits per heavy atom. The number of unbranched alkanes of at least 4 members (excludes halogenated alkanes) is 13. The van der Waals surface area contributed by atoms with Crippen LogP contribution in [0.3, 0.4) is 0 Å². The van der Waals surface area contributed by atoms with Crippen molar-refractivity contribution < 1.29 is 29.7 Å². The molecule has 0 aliphatic rings. The van der Waals surface area contributed by atoms with Crippen molar-refractivity contribution in [2.24, 2.45) is 0 Å². The minimum absolute atomic E-state index is 0. The van der Waals surface area contributed by atoms with Gasteiger partial charge in [0, 0.05) is 12.2 Å². The molecule has 1 aromatic rings. The van der Waals surface area contributed by atoms with Gasteiger partial charge >= 0.3 is 107 Å². The van der Waals surface area contributed by atoms with Crippen molar-refractivity contribution in [1.29, 1.82) is 0 Å². The van der Waals surface area contributed by atoms with E-state index in [9.17, 15) is 29.7 Å². The van der Waals surface area contributed by atoms with E-state index < -0.39 is 34.6 Å². The van der Waals surface area contributed by atoms with Crippen LogP contribution < -0.4 is 5.32 Å². The molecule has 0 amide bonds. The van der Waals surface area contributed by atoms with E-state index in [-0.39, 0.29) is 88.7 Å². The molecule has 35 heavy (non-hydrogen) atoms. The van der Waals surface area contributed by atoms with Crippen molar-refractivity contribution in [3.8, 4) is 0 Å². The van der Waals surface area contributed by atoms with Gasteiger partial charge in [0.05, 0.1) is 16.7 Å². The third-order valence-corrected chi connectivity index (χ3v) is 5.67. The molecule has 10 heteroatoms. The van der Waals surface area contributed by atoms with Crippen LogP contribution in [0.5, 0.6) is 0 Å². The molecule has 0 aliphatic carbocycles. The predicted octanol–water partition coefficient (Wildman–Crippen LogP) is 4.73. The number of benzene rings is 1. The van der Waals surface area contributed by atoms with Crippen molar-refractivity contribution in [2.75, 3.05) is 11.9 Å². The van der Waals surface area contributed by atoms with Crippen LogP contribution in [0.2, 0.25) is 0 Å². The minimum atomic E-state index is -1.57. The summed E-state index contributed by atoms with van der Waals surface area (Å²) in [7, 11) is 0. The van der Waals surface area contributed by atoms with E-state index in [1.807, 2.05) is 0 Å². The van der Waals surface area contributed by atoms with Gasteiger partial charge in [-0.05, 0) is 18.6 Å². The summed E-state index contributed by atoms with van der Waals surface area (Å²) in [6.45, 7) is 2.81. The number of carbonyl (C=O) groups is 3. The fourth-order valence-electron chi connectivity index (χ4n) is 3.86. The molecule has 1 rings (SSSR count). The Morgan fingerprint density at radius 2 is 0.943 bits per heavy atom. The van der Waals surface area contributed by atoms with Crippen molar-refractivity contribution in [1.82, 2.24) is 0 Å². The molecule has 0 bridgehead atoms. The van der Waals surface area contributed by atoms with E-state index in [0.29, 0.717) is 12.2 Å². The summed E-state index contributed by atoms with van der Waals surface area (Å²) in [5.41, 5.74) is -1.45. The average Bonchev–Trinajstić information content (AvgIpc) is 2.75. The molecular weight excluding hydrogens is 479 g/mol. The number of carboxylic acids is 3. The van der Waals surface area contributed by atoms with E-state index in [1.54, 1.807) is 0 Å². The Kier molecular flexibility index (Phi) is 28.2. The first-order valence-electron chi connectivity index (χ1n) is 12.0. The zero-order valence-electron chi connectivity index (χ0n) is 19.3. The van der Waals surface area contributed by atoms with E-state index in [1.165, 1.54) is 82.8 Å². The Bertz CT molecular complexity index is 711. The zero-order valence-corrected chi connectivity index (χ0v) is 19.3. The molecule has 0 aliphatic heterocycles. The summed E-state index contributed by atoms with van der Waals surface area (Å²) in [5, 5.41) is 30.8. The Balaban J connectivity index is -0.00000341. The van der Waals surface area contributed by atoms with E-state index >= 15 is 0 Å². The summed E-state index contributed by atoms with van der Waals surface area (Å²) >= 11 is 0. The van der Waals surface area contributed by atoms with Crippen LogP contribution in [-0.4, -0.2) is 128 Å². The topological polar surface area (TPSA) is 124 Å². The van der Waals surface area contributed by atoms with Gasteiger partial charge in [-0.1, -0.05) is 90.4 Å². The molecule has 0 atom stereocenters. The predicted molar refractivity (Wildman–Crippen MR) is 148 cm³/mol. The molecular formula is C25H42NNa3O6. The first kappa shape index (κ1) is 39.9. The van der Waals surface area contributed by atoms with Gasteiger partial charge in [0.2, 0.25) is 0 Å². The maximum atomic E-state index is 11.4. The number of hydrogen-bond acceptors (Lipinski definition) is 4. The number of carboxylic acid groups (broad SMARTS) is 3. The molecule has 0 unspecified atom stereocenters. The molecule has 0 saturated heterocycles. The SMILES string of the molecule is CCCCCCCCCCCCCCCCNc1cc(C(=O)O)c(C(=O)O)c(C(=O)O)c1.[NaH].[NaH].[NaH]. The fourth-order valence-corrected chi connectivity index (χ4v) is 3.86. The molecule has 1 aromatic carbocycles. The molecule has 0 heterocycles. The molecule has 7 nitrogen and oxygen atoms in total. The Labute approximate surface area is 276 Å². The standard InChI is InChI=1S/C25H39NO6.3Na.3H/c1-2-3-4-5-6-7-8-9-10-11-12-13-14-15-16-26-19-17-20(23(27)28)22(25(31)32)21(18-19)24(29)30;;;;;;/h17-18,26H,2-16H2,1H3,(H,27,28)(H,29,30)(H,31,32);;;;;;. The molecule has 0 aromatic heterocycles. The molecule has 0 saturated carbocycles. The number of aromatic carboxylic acids is 3. The number of nitrogens with one attached hydrogen (secondary N) is 1. The Hall–Kier alpha value is 0.430. The third-order valence-electron chi connectivity index (χ3n) is 5.67. The van der Waals surface area contributed by atoms with Gasteiger partial charge in [-0.2, -0.15) is 0 Å². The van der Waals surface area contributed by atoms with Crippen LogP contribution in [-0.2, 0) is 0 Å². The van der Waals surface area contributed by atoms with E-state index in [2.05, 4.69) is 12.2 Å². The number of rotatable bonds is 19. The molecule has 0 spiro atoms. The van der Waals surface area contributed by atoms with Gasteiger partial charge in [0.25, 0.3) is 0 Å². The van der Waals surface area contributed by atoms with Gasteiger partial charge in [0.15, 0.2) is 0 Å². The van der Waals surface area contributed by atoms with Crippen LogP contribution in [0.1, 0.15) is 128 Å².